The second kappa shape index (κ2) is 7.17. The highest BCUT2D eigenvalue weighted by Gasteiger charge is 2.15. The Bertz CT molecular complexity index is 938. The van der Waals surface area contributed by atoms with Crippen LogP contribution in [0.4, 0.5) is 5.69 Å². The quantitative estimate of drug-likeness (QED) is 0.677. The minimum Gasteiger partial charge on any atom is -0.495 e. The highest BCUT2D eigenvalue weighted by molar-refractivity contribution is 6.33. The molecule has 0 aliphatic heterocycles. The molecule has 0 saturated heterocycles. The van der Waals surface area contributed by atoms with E-state index in [1.54, 1.807) is 24.3 Å². The van der Waals surface area contributed by atoms with Crippen LogP contribution in [-0.4, -0.2) is 23.2 Å². The molecule has 1 heterocycles. The van der Waals surface area contributed by atoms with Crippen LogP contribution in [0.5, 0.6) is 5.75 Å². The number of halogens is 2. The molecule has 3 rings (SSSR count). The summed E-state index contributed by atoms with van der Waals surface area (Å²) in [6.07, 6.45) is 0. The van der Waals surface area contributed by atoms with Gasteiger partial charge in [0, 0.05) is 16.7 Å². The van der Waals surface area contributed by atoms with Crippen molar-refractivity contribution in [3.05, 3.63) is 63.8 Å². The van der Waals surface area contributed by atoms with Gasteiger partial charge in [-0.05, 0) is 30.7 Å². The van der Waals surface area contributed by atoms with Crippen LogP contribution in [-0.2, 0) is 0 Å². The Morgan fingerprint density at radius 3 is 2.64 bits per heavy atom. The van der Waals surface area contributed by atoms with Crippen molar-refractivity contribution in [1.29, 1.82) is 0 Å². The first kappa shape index (κ1) is 17.3. The number of H-pyrrole nitrogens is 1. The molecule has 0 bridgehead atoms. The number of hydrogen-bond acceptors (Lipinski definition) is 3. The lowest BCUT2D eigenvalue weighted by atomic mass is 10.1. The van der Waals surface area contributed by atoms with E-state index in [4.69, 9.17) is 27.9 Å². The summed E-state index contributed by atoms with van der Waals surface area (Å²) in [6, 6.07) is 12.4. The smallest absolute Gasteiger partial charge is 0.273 e. The number of carbonyl (C=O) groups is 1. The van der Waals surface area contributed by atoms with Gasteiger partial charge in [0.05, 0.1) is 23.5 Å². The maximum Gasteiger partial charge on any atom is 0.273 e. The number of nitrogens with one attached hydrogen (secondary N) is 2. The van der Waals surface area contributed by atoms with E-state index < -0.39 is 0 Å². The van der Waals surface area contributed by atoms with Crippen molar-refractivity contribution < 1.29 is 9.53 Å². The number of hydrogen-bond donors (Lipinski definition) is 2. The van der Waals surface area contributed by atoms with Crippen molar-refractivity contribution >= 4 is 34.8 Å². The van der Waals surface area contributed by atoms with E-state index in [2.05, 4.69) is 15.5 Å². The number of rotatable bonds is 4. The van der Waals surface area contributed by atoms with Crippen molar-refractivity contribution in [1.82, 2.24) is 10.2 Å². The van der Waals surface area contributed by atoms with Crippen LogP contribution in [0, 0.1) is 6.92 Å². The van der Waals surface area contributed by atoms with Crippen LogP contribution in [0.2, 0.25) is 10.0 Å². The van der Waals surface area contributed by atoms with Gasteiger partial charge in [0.2, 0.25) is 0 Å². The van der Waals surface area contributed by atoms with Gasteiger partial charge >= 0.3 is 0 Å². The number of anilines is 1. The first-order valence-electron chi connectivity index (χ1n) is 7.45. The minimum atomic E-state index is -0.342. The average Bonchev–Trinajstić information content (AvgIpc) is 3.08. The number of aromatic amines is 1. The van der Waals surface area contributed by atoms with Gasteiger partial charge in [-0.3, -0.25) is 9.89 Å². The van der Waals surface area contributed by atoms with Crippen molar-refractivity contribution in [2.24, 2.45) is 0 Å². The van der Waals surface area contributed by atoms with Gasteiger partial charge in [0.1, 0.15) is 11.4 Å². The number of aromatic nitrogens is 2. The van der Waals surface area contributed by atoms with Crippen LogP contribution in [0.3, 0.4) is 0 Å². The second-order valence-corrected chi connectivity index (χ2v) is 6.22. The Morgan fingerprint density at radius 1 is 1.16 bits per heavy atom. The largest absolute Gasteiger partial charge is 0.495 e. The van der Waals surface area contributed by atoms with Gasteiger partial charge in [-0.25, -0.2) is 0 Å². The van der Waals surface area contributed by atoms with Crippen molar-refractivity contribution in [2.45, 2.75) is 6.92 Å². The first-order chi connectivity index (χ1) is 12.0. The second-order valence-electron chi connectivity index (χ2n) is 5.40. The lowest BCUT2D eigenvalue weighted by Crippen LogP contribution is -2.13. The third kappa shape index (κ3) is 3.62. The molecule has 3 aromatic rings. The van der Waals surface area contributed by atoms with E-state index in [1.165, 1.54) is 7.11 Å². The molecule has 0 fully saturated rings. The summed E-state index contributed by atoms with van der Waals surface area (Å²) in [7, 11) is 1.52. The van der Waals surface area contributed by atoms with Gasteiger partial charge < -0.3 is 10.1 Å². The predicted octanol–water partition coefficient (Wildman–Crippen LogP) is 4.95. The maximum absolute atomic E-state index is 12.5. The molecule has 2 aromatic carbocycles. The number of aryl methyl sites for hydroxylation is 1. The molecule has 25 heavy (non-hydrogen) atoms. The van der Waals surface area contributed by atoms with E-state index >= 15 is 0 Å². The van der Waals surface area contributed by atoms with E-state index in [9.17, 15) is 4.79 Å². The topological polar surface area (TPSA) is 67.0 Å². The van der Waals surface area contributed by atoms with Gasteiger partial charge in [-0.15, -0.1) is 0 Å². The van der Waals surface area contributed by atoms with Crippen LogP contribution in [0.25, 0.3) is 11.3 Å². The molecule has 0 atom stereocenters. The maximum atomic E-state index is 12.5. The minimum absolute atomic E-state index is 0.310. The molecule has 7 heteroatoms. The summed E-state index contributed by atoms with van der Waals surface area (Å²) < 4.78 is 5.27. The Hall–Kier alpha value is -2.50. The van der Waals surface area contributed by atoms with E-state index in [-0.39, 0.29) is 5.91 Å². The molecule has 0 aliphatic rings. The Morgan fingerprint density at radius 2 is 1.92 bits per heavy atom. The van der Waals surface area contributed by atoms with Crippen molar-refractivity contribution in [3.8, 4) is 17.0 Å². The number of carbonyl (C=O) groups excluding carboxylic acids is 1. The Labute approximate surface area is 154 Å². The van der Waals surface area contributed by atoms with Gasteiger partial charge in [-0.1, -0.05) is 41.4 Å². The normalized spacial score (nSPS) is 10.6. The van der Waals surface area contributed by atoms with Gasteiger partial charge in [0.25, 0.3) is 5.91 Å². The molecule has 128 valence electrons. The summed E-state index contributed by atoms with van der Waals surface area (Å²) in [5.74, 6) is 0.139. The lowest BCUT2D eigenvalue weighted by molar-refractivity contribution is 0.102. The third-order valence-corrected chi connectivity index (χ3v) is 4.44. The van der Waals surface area contributed by atoms with E-state index in [0.717, 1.165) is 11.1 Å². The zero-order valence-electron chi connectivity index (χ0n) is 13.6. The fraction of sp³-hybridized carbons (Fsp3) is 0.111. The van der Waals surface area contributed by atoms with Crippen molar-refractivity contribution in [3.63, 3.8) is 0 Å². The number of amides is 1. The molecule has 0 saturated carbocycles. The molecular formula is C18H15Cl2N3O2. The number of benzene rings is 2. The third-order valence-electron chi connectivity index (χ3n) is 3.70. The van der Waals surface area contributed by atoms with E-state index in [1.807, 2.05) is 25.1 Å². The summed E-state index contributed by atoms with van der Waals surface area (Å²) in [5.41, 5.74) is 3.02. The summed E-state index contributed by atoms with van der Waals surface area (Å²) in [4.78, 5) is 12.5. The highest BCUT2D eigenvalue weighted by Crippen LogP contribution is 2.31. The van der Waals surface area contributed by atoms with E-state index in [0.29, 0.717) is 32.9 Å². The molecule has 0 unspecified atom stereocenters. The van der Waals surface area contributed by atoms with Crippen LogP contribution < -0.4 is 10.1 Å². The van der Waals surface area contributed by atoms with Crippen LogP contribution >= 0.6 is 23.2 Å². The van der Waals surface area contributed by atoms with Crippen LogP contribution in [0.15, 0.2) is 42.5 Å². The molecule has 2 N–H and O–H groups in total. The predicted molar refractivity (Wildman–Crippen MR) is 99.7 cm³/mol. The monoisotopic (exact) mass is 375 g/mol. The zero-order chi connectivity index (χ0) is 18.0. The standard InChI is InChI=1S/C18H15Cl2N3O2/c1-10-7-15(17(25-2)8-13(10)20)21-18(24)16-9-14(22-23-16)11-5-3-4-6-12(11)19/h3-9H,1-2H3,(H,21,24)(H,22,23). The fourth-order valence-electron chi connectivity index (χ4n) is 2.36. The molecule has 1 amide bonds. The number of nitrogens with zero attached hydrogens (tertiary/aromatic N) is 1. The Kier molecular flexibility index (Phi) is 4.97. The van der Waals surface area contributed by atoms with Crippen molar-refractivity contribution in [2.75, 3.05) is 12.4 Å². The molecule has 0 spiro atoms. The molecule has 1 aromatic heterocycles. The Balaban J connectivity index is 1.86. The summed E-state index contributed by atoms with van der Waals surface area (Å²) in [5, 5.41) is 10.8. The first-order valence-corrected chi connectivity index (χ1v) is 8.21. The number of methoxy groups -OCH3 is 1. The van der Waals surface area contributed by atoms with Gasteiger partial charge in [-0.2, -0.15) is 5.10 Å². The molecular weight excluding hydrogens is 361 g/mol. The number of ether oxygens (including phenoxy) is 1. The summed E-state index contributed by atoms with van der Waals surface area (Å²) >= 11 is 12.2. The van der Waals surface area contributed by atoms with Gasteiger partial charge in [0.15, 0.2) is 0 Å². The highest BCUT2D eigenvalue weighted by atomic mass is 35.5. The fourth-order valence-corrected chi connectivity index (χ4v) is 2.75. The average molecular weight is 376 g/mol. The lowest BCUT2D eigenvalue weighted by Gasteiger charge is -2.11. The summed E-state index contributed by atoms with van der Waals surface area (Å²) in [6.45, 7) is 1.85. The molecule has 0 aliphatic carbocycles. The SMILES string of the molecule is COc1cc(Cl)c(C)cc1NC(=O)c1cc(-c2ccccc2Cl)n[nH]1. The molecule has 0 radical (unpaired) electrons. The molecule has 5 nitrogen and oxygen atoms in total. The zero-order valence-corrected chi connectivity index (χ0v) is 15.1. The van der Waals surface area contributed by atoms with Crippen LogP contribution in [0.1, 0.15) is 16.1 Å².